The van der Waals surface area contributed by atoms with Crippen LogP contribution in [0.2, 0.25) is 0 Å². The van der Waals surface area contributed by atoms with Crippen LogP contribution in [-0.4, -0.2) is 0 Å². The maximum Gasteiger partial charge on any atom is -0.0205 e. The van der Waals surface area contributed by atoms with E-state index < -0.39 is 0 Å². The molecular formula is C26H46. The summed E-state index contributed by atoms with van der Waals surface area (Å²) in [5.41, 5.74) is 0. The van der Waals surface area contributed by atoms with Gasteiger partial charge in [0.2, 0.25) is 0 Å². The van der Waals surface area contributed by atoms with Gasteiger partial charge in [-0.1, -0.05) is 70.9 Å². The van der Waals surface area contributed by atoms with Gasteiger partial charge in [-0.05, 0) is 93.3 Å². The standard InChI is InChI=1S/C26H46/c1-3-5-6-8-22-11-15-24(16-12-22)26-19-17-25(18-20-26)23-13-9-21(7-4-2)10-14-23/h11,15,21-26H,3-10,12-14,16-20H2,1-2H3. The third-order valence-electron chi connectivity index (χ3n) is 8.36. The molecule has 0 aliphatic heterocycles. The lowest BCUT2D eigenvalue weighted by Gasteiger charge is -2.40. The highest BCUT2D eigenvalue weighted by Crippen LogP contribution is 2.45. The van der Waals surface area contributed by atoms with E-state index in [2.05, 4.69) is 26.0 Å². The maximum atomic E-state index is 2.65. The van der Waals surface area contributed by atoms with Crippen LogP contribution >= 0.6 is 0 Å². The highest BCUT2D eigenvalue weighted by Gasteiger charge is 2.33. The minimum atomic E-state index is 0.910. The molecule has 26 heavy (non-hydrogen) atoms. The molecule has 0 heterocycles. The van der Waals surface area contributed by atoms with Gasteiger partial charge in [0.15, 0.2) is 0 Å². The molecular weight excluding hydrogens is 312 g/mol. The molecule has 0 aromatic heterocycles. The Morgan fingerprint density at radius 3 is 1.81 bits per heavy atom. The molecule has 0 saturated heterocycles. The minimum absolute atomic E-state index is 0.910. The van der Waals surface area contributed by atoms with Crippen LogP contribution in [0.3, 0.4) is 0 Å². The zero-order chi connectivity index (χ0) is 18.2. The number of rotatable bonds is 8. The number of unbranched alkanes of at least 4 members (excludes halogenated alkanes) is 2. The van der Waals surface area contributed by atoms with Crippen LogP contribution in [0.25, 0.3) is 0 Å². The largest absolute Gasteiger partial charge is 0.0851 e. The van der Waals surface area contributed by atoms with E-state index >= 15 is 0 Å². The van der Waals surface area contributed by atoms with Crippen LogP contribution in [0.15, 0.2) is 12.2 Å². The summed E-state index contributed by atoms with van der Waals surface area (Å²) in [6.45, 7) is 4.68. The Morgan fingerprint density at radius 2 is 1.23 bits per heavy atom. The van der Waals surface area contributed by atoms with Crippen LogP contribution in [0.5, 0.6) is 0 Å². The fourth-order valence-corrected chi connectivity index (χ4v) is 6.59. The summed E-state index contributed by atoms with van der Waals surface area (Å²) in [6.07, 6.45) is 29.2. The Hall–Kier alpha value is -0.260. The summed E-state index contributed by atoms with van der Waals surface area (Å²) in [5, 5.41) is 0. The highest BCUT2D eigenvalue weighted by molar-refractivity contribution is 5.01. The molecule has 3 aliphatic carbocycles. The molecule has 3 rings (SSSR count). The van der Waals surface area contributed by atoms with E-state index in [0.29, 0.717) is 0 Å². The van der Waals surface area contributed by atoms with Crippen LogP contribution in [0.1, 0.15) is 117 Å². The van der Waals surface area contributed by atoms with E-state index in [1.165, 1.54) is 64.2 Å². The van der Waals surface area contributed by atoms with Gasteiger partial charge in [-0.2, -0.15) is 0 Å². The lowest BCUT2D eigenvalue weighted by Crippen LogP contribution is -2.28. The van der Waals surface area contributed by atoms with E-state index in [0.717, 1.165) is 35.5 Å². The smallest absolute Gasteiger partial charge is 0.0205 e. The van der Waals surface area contributed by atoms with Crippen molar-refractivity contribution in [3.05, 3.63) is 12.2 Å². The molecule has 2 fully saturated rings. The summed E-state index contributed by atoms with van der Waals surface area (Å²) in [4.78, 5) is 0. The average molecular weight is 359 g/mol. The summed E-state index contributed by atoms with van der Waals surface area (Å²) in [5.74, 6) is 6.11. The monoisotopic (exact) mass is 358 g/mol. The van der Waals surface area contributed by atoms with Crippen molar-refractivity contribution in [2.45, 2.75) is 117 Å². The van der Waals surface area contributed by atoms with Crippen LogP contribution in [-0.2, 0) is 0 Å². The van der Waals surface area contributed by atoms with Crippen molar-refractivity contribution in [1.82, 2.24) is 0 Å². The van der Waals surface area contributed by atoms with Gasteiger partial charge in [-0.25, -0.2) is 0 Å². The van der Waals surface area contributed by atoms with Gasteiger partial charge in [-0.3, -0.25) is 0 Å². The molecule has 0 bridgehead atoms. The quantitative estimate of drug-likeness (QED) is 0.301. The van der Waals surface area contributed by atoms with Gasteiger partial charge >= 0.3 is 0 Å². The molecule has 0 aromatic carbocycles. The van der Waals surface area contributed by atoms with Crippen LogP contribution in [0, 0.1) is 35.5 Å². The topological polar surface area (TPSA) is 0 Å². The van der Waals surface area contributed by atoms with Crippen molar-refractivity contribution in [1.29, 1.82) is 0 Å². The molecule has 0 nitrogen and oxygen atoms in total. The second kappa shape index (κ2) is 10.9. The second-order valence-electron chi connectivity index (χ2n) is 10.1. The molecule has 2 saturated carbocycles. The fraction of sp³-hybridized carbons (Fsp3) is 0.923. The zero-order valence-electron chi connectivity index (χ0n) is 17.9. The minimum Gasteiger partial charge on any atom is -0.0851 e. The van der Waals surface area contributed by atoms with Crippen LogP contribution in [0.4, 0.5) is 0 Å². The highest BCUT2D eigenvalue weighted by atomic mass is 14.4. The average Bonchev–Trinajstić information content (AvgIpc) is 2.70. The van der Waals surface area contributed by atoms with Gasteiger partial charge < -0.3 is 0 Å². The Bertz CT molecular complexity index is 392. The number of hydrogen-bond acceptors (Lipinski definition) is 0. The zero-order valence-corrected chi connectivity index (χ0v) is 17.9. The van der Waals surface area contributed by atoms with Gasteiger partial charge in [0, 0.05) is 0 Å². The first-order valence-electron chi connectivity index (χ1n) is 12.5. The van der Waals surface area contributed by atoms with Crippen molar-refractivity contribution in [3.63, 3.8) is 0 Å². The fourth-order valence-electron chi connectivity index (χ4n) is 6.59. The number of hydrogen-bond donors (Lipinski definition) is 0. The van der Waals surface area contributed by atoms with Crippen molar-refractivity contribution in [3.8, 4) is 0 Å². The molecule has 3 aliphatic rings. The van der Waals surface area contributed by atoms with Crippen molar-refractivity contribution in [2.75, 3.05) is 0 Å². The van der Waals surface area contributed by atoms with Gasteiger partial charge in [0.25, 0.3) is 0 Å². The summed E-state index contributed by atoms with van der Waals surface area (Å²) < 4.78 is 0. The van der Waals surface area contributed by atoms with E-state index in [-0.39, 0.29) is 0 Å². The van der Waals surface area contributed by atoms with E-state index in [4.69, 9.17) is 0 Å². The van der Waals surface area contributed by atoms with Crippen molar-refractivity contribution in [2.24, 2.45) is 35.5 Å². The lowest BCUT2D eigenvalue weighted by atomic mass is 9.66. The molecule has 0 radical (unpaired) electrons. The Morgan fingerprint density at radius 1 is 0.577 bits per heavy atom. The Kier molecular flexibility index (Phi) is 8.60. The second-order valence-corrected chi connectivity index (χ2v) is 10.1. The summed E-state index contributed by atoms with van der Waals surface area (Å²) >= 11 is 0. The Balaban J connectivity index is 1.36. The van der Waals surface area contributed by atoms with E-state index in [1.54, 1.807) is 38.5 Å². The molecule has 0 spiro atoms. The first kappa shape index (κ1) is 20.5. The Labute approximate surface area is 164 Å². The lowest BCUT2D eigenvalue weighted by molar-refractivity contribution is 0.127. The summed E-state index contributed by atoms with van der Waals surface area (Å²) in [7, 11) is 0. The maximum absolute atomic E-state index is 2.65. The molecule has 0 amide bonds. The van der Waals surface area contributed by atoms with E-state index in [9.17, 15) is 0 Å². The van der Waals surface area contributed by atoms with Crippen molar-refractivity contribution >= 4 is 0 Å². The van der Waals surface area contributed by atoms with Gasteiger partial charge in [0.1, 0.15) is 0 Å². The molecule has 0 aromatic rings. The summed E-state index contributed by atoms with van der Waals surface area (Å²) in [6, 6.07) is 0. The number of allylic oxidation sites excluding steroid dienone is 2. The predicted octanol–water partition coefficient (Wildman–Crippen LogP) is 8.56. The molecule has 150 valence electrons. The molecule has 2 atom stereocenters. The predicted molar refractivity (Wildman–Crippen MR) is 115 cm³/mol. The third-order valence-corrected chi connectivity index (χ3v) is 8.36. The normalized spacial score (nSPS) is 38.4. The van der Waals surface area contributed by atoms with E-state index in [1.807, 2.05) is 0 Å². The first-order chi connectivity index (χ1) is 12.8. The molecule has 0 heteroatoms. The SMILES string of the molecule is CCCCCC1C=CC(C2CCC(C3CCC(CCC)CC3)CC2)CC1. The molecule has 2 unspecified atom stereocenters. The molecule has 0 N–H and O–H groups in total. The first-order valence-corrected chi connectivity index (χ1v) is 12.5. The van der Waals surface area contributed by atoms with Gasteiger partial charge in [-0.15, -0.1) is 0 Å². The van der Waals surface area contributed by atoms with Crippen molar-refractivity contribution < 1.29 is 0 Å². The third kappa shape index (κ3) is 5.87. The van der Waals surface area contributed by atoms with Crippen LogP contribution < -0.4 is 0 Å². The van der Waals surface area contributed by atoms with Gasteiger partial charge in [0.05, 0.1) is 0 Å².